The summed E-state index contributed by atoms with van der Waals surface area (Å²) >= 11 is 0. The molecule has 0 bridgehead atoms. The van der Waals surface area contributed by atoms with Gasteiger partial charge in [-0.1, -0.05) is 0 Å². The molecule has 4 aromatic rings. The Morgan fingerprint density at radius 3 is 2.86 bits per heavy atom. The van der Waals surface area contributed by atoms with Crippen molar-refractivity contribution in [3.63, 3.8) is 0 Å². The summed E-state index contributed by atoms with van der Waals surface area (Å²) in [6, 6.07) is 9.96. The summed E-state index contributed by atoms with van der Waals surface area (Å²) in [6.07, 6.45) is 6.78. The van der Waals surface area contributed by atoms with E-state index in [1.54, 1.807) is 11.0 Å². The zero-order valence-corrected chi connectivity index (χ0v) is 15.3. The standard InChI is InChI=1S/C19H17N9O/c20-7-16-8-22-19-17(24-13-1-2-13)6-18(26-28(16)19)25-14-3-12(9-29)4-15(5-14)27-11-21-10-23-27/h3-6,8,10-11,13,24,29H,1-2,9H2,(H,25,26). The number of nitrogens with zero attached hydrogens (tertiary/aromatic N) is 7. The van der Waals surface area contributed by atoms with Crippen LogP contribution in [-0.2, 0) is 6.61 Å². The van der Waals surface area contributed by atoms with Gasteiger partial charge in [-0.25, -0.2) is 14.6 Å². The van der Waals surface area contributed by atoms with Crippen molar-refractivity contribution in [2.75, 3.05) is 10.6 Å². The number of imidazole rings is 1. The fourth-order valence-corrected chi connectivity index (χ4v) is 3.12. The van der Waals surface area contributed by atoms with Crippen molar-refractivity contribution in [1.29, 1.82) is 5.26 Å². The van der Waals surface area contributed by atoms with Crippen molar-refractivity contribution >= 4 is 22.8 Å². The summed E-state index contributed by atoms with van der Waals surface area (Å²) < 4.78 is 3.14. The molecule has 29 heavy (non-hydrogen) atoms. The van der Waals surface area contributed by atoms with Crippen LogP contribution >= 0.6 is 0 Å². The molecule has 1 aliphatic carbocycles. The molecule has 144 valence electrons. The third kappa shape index (κ3) is 3.35. The van der Waals surface area contributed by atoms with Gasteiger partial charge in [-0.3, -0.25) is 0 Å². The first-order chi connectivity index (χ1) is 14.2. The highest BCUT2D eigenvalue weighted by Crippen LogP contribution is 2.29. The Morgan fingerprint density at radius 1 is 1.24 bits per heavy atom. The second-order valence-electron chi connectivity index (χ2n) is 6.86. The second-order valence-corrected chi connectivity index (χ2v) is 6.86. The van der Waals surface area contributed by atoms with Gasteiger partial charge in [0.15, 0.2) is 17.2 Å². The summed E-state index contributed by atoms with van der Waals surface area (Å²) in [6.45, 7) is -0.113. The van der Waals surface area contributed by atoms with Crippen molar-refractivity contribution in [2.45, 2.75) is 25.5 Å². The van der Waals surface area contributed by atoms with E-state index >= 15 is 0 Å². The molecule has 10 nitrogen and oxygen atoms in total. The molecule has 0 amide bonds. The summed E-state index contributed by atoms with van der Waals surface area (Å²) in [4.78, 5) is 8.30. The quantitative estimate of drug-likeness (QED) is 0.458. The van der Waals surface area contributed by atoms with Gasteiger partial charge in [0.25, 0.3) is 0 Å². The van der Waals surface area contributed by atoms with Crippen molar-refractivity contribution < 1.29 is 5.11 Å². The van der Waals surface area contributed by atoms with Crippen LogP contribution in [0.1, 0.15) is 24.1 Å². The predicted octanol–water partition coefficient (Wildman–Crippen LogP) is 1.99. The van der Waals surface area contributed by atoms with Gasteiger partial charge in [0, 0.05) is 17.8 Å². The van der Waals surface area contributed by atoms with E-state index in [1.807, 2.05) is 24.3 Å². The highest BCUT2D eigenvalue weighted by atomic mass is 16.3. The average Bonchev–Trinajstić information content (AvgIpc) is 3.21. The molecule has 10 heteroatoms. The number of nitrogens with one attached hydrogen (secondary N) is 2. The van der Waals surface area contributed by atoms with Gasteiger partial charge in [-0.15, -0.1) is 5.10 Å². The molecule has 3 N–H and O–H groups in total. The fourth-order valence-electron chi connectivity index (χ4n) is 3.12. The third-order valence-corrected chi connectivity index (χ3v) is 4.63. The normalized spacial score (nSPS) is 13.4. The predicted molar refractivity (Wildman–Crippen MR) is 105 cm³/mol. The molecule has 0 radical (unpaired) electrons. The highest BCUT2D eigenvalue weighted by Gasteiger charge is 2.23. The number of hydrogen-bond donors (Lipinski definition) is 3. The monoisotopic (exact) mass is 387 g/mol. The minimum absolute atomic E-state index is 0.113. The Bertz CT molecular complexity index is 1220. The largest absolute Gasteiger partial charge is 0.392 e. The van der Waals surface area contributed by atoms with Gasteiger partial charge in [0.2, 0.25) is 0 Å². The van der Waals surface area contributed by atoms with Gasteiger partial charge in [0.1, 0.15) is 18.7 Å². The zero-order valence-electron chi connectivity index (χ0n) is 15.3. The van der Waals surface area contributed by atoms with Gasteiger partial charge < -0.3 is 15.7 Å². The van der Waals surface area contributed by atoms with E-state index in [-0.39, 0.29) is 6.61 Å². The van der Waals surface area contributed by atoms with Crippen molar-refractivity contribution in [3.05, 3.63) is 54.4 Å². The maximum Gasteiger partial charge on any atom is 0.178 e. The number of aromatic nitrogens is 6. The lowest BCUT2D eigenvalue weighted by Gasteiger charge is -2.13. The zero-order chi connectivity index (χ0) is 19.8. The first-order valence-electron chi connectivity index (χ1n) is 9.16. The van der Waals surface area contributed by atoms with Crippen LogP contribution in [0.2, 0.25) is 0 Å². The van der Waals surface area contributed by atoms with Crippen LogP contribution in [-0.4, -0.2) is 40.5 Å². The van der Waals surface area contributed by atoms with Crippen molar-refractivity contribution in [2.24, 2.45) is 0 Å². The topological polar surface area (TPSA) is 129 Å². The molecular weight excluding hydrogens is 370 g/mol. The van der Waals surface area contributed by atoms with Gasteiger partial charge >= 0.3 is 0 Å². The smallest absolute Gasteiger partial charge is 0.178 e. The van der Waals surface area contributed by atoms with Crippen molar-refractivity contribution in [1.82, 2.24) is 29.4 Å². The molecule has 1 aromatic carbocycles. The van der Waals surface area contributed by atoms with E-state index in [0.29, 0.717) is 23.2 Å². The van der Waals surface area contributed by atoms with Gasteiger partial charge in [-0.05, 0) is 36.6 Å². The van der Waals surface area contributed by atoms with E-state index in [0.717, 1.165) is 35.5 Å². The third-order valence-electron chi connectivity index (χ3n) is 4.63. The van der Waals surface area contributed by atoms with E-state index in [9.17, 15) is 10.4 Å². The lowest BCUT2D eigenvalue weighted by molar-refractivity contribution is 0.282. The molecule has 0 unspecified atom stereocenters. The number of aliphatic hydroxyl groups excluding tert-OH is 1. The fraction of sp³-hybridized carbons (Fsp3) is 0.211. The molecule has 1 fully saturated rings. The summed E-state index contributed by atoms with van der Waals surface area (Å²) in [5, 5.41) is 34.4. The van der Waals surface area contributed by atoms with Gasteiger partial charge in [0.05, 0.1) is 24.2 Å². The Hall–Kier alpha value is -3.97. The van der Waals surface area contributed by atoms with Crippen LogP contribution in [0.3, 0.4) is 0 Å². The molecule has 0 saturated heterocycles. The Kier molecular flexibility index (Phi) is 4.07. The molecule has 0 aliphatic heterocycles. The lowest BCUT2D eigenvalue weighted by Crippen LogP contribution is -2.08. The number of nitriles is 1. The molecule has 3 heterocycles. The number of anilines is 3. The second kappa shape index (κ2) is 6.88. The van der Waals surface area contributed by atoms with E-state index in [4.69, 9.17) is 0 Å². The van der Waals surface area contributed by atoms with Crippen LogP contribution in [0.4, 0.5) is 17.2 Å². The van der Waals surface area contributed by atoms with E-state index < -0.39 is 0 Å². The maximum absolute atomic E-state index is 9.64. The minimum Gasteiger partial charge on any atom is -0.392 e. The number of rotatable bonds is 6. The average molecular weight is 387 g/mol. The Balaban J connectivity index is 1.56. The first kappa shape index (κ1) is 17.2. The Morgan fingerprint density at radius 2 is 2.14 bits per heavy atom. The number of aliphatic hydroxyl groups is 1. The van der Waals surface area contributed by atoms with Crippen molar-refractivity contribution in [3.8, 4) is 11.8 Å². The van der Waals surface area contributed by atoms with E-state index in [1.165, 1.54) is 17.0 Å². The molecular formula is C19H17N9O. The van der Waals surface area contributed by atoms with Crippen LogP contribution in [0.25, 0.3) is 11.3 Å². The number of fused-ring (bicyclic) bond motifs is 1. The lowest BCUT2D eigenvalue weighted by atomic mass is 10.2. The molecule has 0 spiro atoms. The van der Waals surface area contributed by atoms with E-state index in [2.05, 4.69) is 36.9 Å². The highest BCUT2D eigenvalue weighted by molar-refractivity contribution is 5.74. The van der Waals surface area contributed by atoms with Crippen LogP contribution < -0.4 is 10.6 Å². The minimum atomic E-state index is -0.113. The molecule has 1 saturated carbocycles. The van der Waals surface area contributed by atoms with Crippen LogP contribution in [0, 0.1) is 11.3 Å². The summed E-state index contributed by atoms with van der Waals surface area (Å²) in [5.74, 6) is 0.551. The Labute approximate surface area is 165 Å². The number of hydrogen-bond acceptors (Lipinski definition) is 8. The summed E-state index contributed by atoms with van der Waals surface area (Å²) in [5.41, 5.74) is 4.00. The summed E-state index contributed by atoms with van der Waals surface area (Å²) in [7, 11) is 0. The SMILES string of the molecule is N#Cc1cnc2c(NC3CC3)cc(Nc3cc(CO)cc(-n4cncn4)c3)nn12. The molecule has 1 aliphatic rings. The maximum atomic E-state index is 9.64. The molecule has 0 atom stereocenters. The molecule has 3 aromatic heterocycles. The number of benzene rings is 1. The van der Waals surface area contributed by atoms with Gasteiger partial charge in [-0.2, -0.15) is 14.9 Å². The van der Waals surface area contributed by atoms with Crippen LogP contribution in [0.15, 0.2) is 43.1 Å². The van der Waals surface area contributed by atoms with Crippen LogP contribution in [0.5, 0.6) is 0 Å². The first-order valence-corrected chi connectivity index (χ1v) is 9.16. The molecule has 5 rings (SSSR count).